The quantitative estimate of drug-likeness (QED) is 0.911. The van der Waals surface area contributed by atoms with Crippen LogP contribution in [0.2, 0.25) is 0 Å². The number of alkyl halides is 2. The highest BCUT2D eigenvalue weighted by Gasteiger charge is 2.16. The molecule has 0 aliphatic carbocycles. The molecule has 0 saturated heterocycles. The van der Waals surface area contributed by atoms with Gasteiger partial charge in [0.2, 0.25) is 0 Å². The lowest BCUT2D eigenvalue weighted by molar-refractivity contribution is 0.0620. The molecular formula is C12H13F2N3O. The topological polar surface area (TPSA) is 49.0 Å². The number of aryl methyl sites for hydroxylation is 1. The van der Waals surface area contributed by atoms with Crippen LogP contribution in [0.3, 0.4) is 0 Å². The van der Waals surface area contributed by atoms with Crippen LogP contribution in [0.15, 0.2) is 18.2 Å². The normalized spacial score (nSPS) is 11.2. The summed E-state index contributed by atoms with van der Waals surface area (Å²) in [5.41, 5.74) is 1.98. The predicted molar refractivity (Wildman–Crippen MR) is 63.8 cm³/mol. The van der Waals surface area contributed by atoms with Crippen LogP contribution >= 0.6 is 0 Å². The molecular weight excluding hydrogens is 240 g/mol. The molecule has 0 radical (unpaired) electrons. The van der Waals surface area contributed by atoms with E-state index in [1.54, 1.807) is 18.2 Å². The summed E-state index contributed by atoms with van der Waals surface area (Å²) in [6, 6.07) is 4.95. The number of H-pyrrole nitrogens is 1. The van der Waals surface area contributed by atoms with Crippen molar-refractivity contribution in [3.63, 3.8) is 0 Å². The van der Waals surface area contributed by atoms with Crippen molar-refractivity contribution in [2.75, 3.05) is 13.6 Å². The van der Waals surface area contributed by atoms with Crippen molar-refractivity contribution >= 4 is 16.8 Å². The van der Waals surface area contributed by atoms with Crippen LogP contribution in [0, 0.1) is 6.92 Å². The fourth-order valence-electron chi connectivity index (χ4n) is 1.78. The average Bonchev–Trinajstić information content (AvgIpc) is 2.69. The van der Waals surface area contributed by atoms with Gasteiger partial charge in [-0.15, -0.1) is 0 Å². The Labute approximate surface area is 103 Å². The first-order chi connectivity index (χ1) is 8.49. The molecule has 18 heavy (non-hydrogen) atoms. The second-order valence-corrected chi connectivity index (χ2v) is 4.16. The van der Waals surface area contributed by atoms with Crippen LogP contribution in [0.4, 0.5) is 8.78 Å². The molecule has 0 unspecified atom stereocenters. The Morgan fingerprint density at radius 2 is 2.22 bits per heavy atom. The van der Waals surface area contributed by atoms with E-state index in [1.807, 2.05) is 6.92 Å². The third kappa shape index (κ3) is 2.32. The fourth-order valence-corrected chi connectivity index (χ4v) is 1.78. The summed E-state index contributed by atoms with van der Waals surface area (Å²) in [5, 5.41) is 7.68. The van der Waals surface area contributed by atoms with Crippen molar-refractivity contribution in [3.8, 4) is 0 Å². The van der Waals surface area contributed by atoms with Gasteiger partial charge >= 0.3 is 0 Å². The van der Waals surface area contributed by atoms with Crippen LogP contribution in [0.1, 0.15) is 16.1 Å². The number of aromatic nitrogens is 2. The Balaban J connectivity index is 2.30. The summed E-state index contributed by atoms with van der Waals surface area (Å²) in [7, 11) is 1.36. The van der Waals surface area contributed by atoms with E-state index in [2.05, 4.69) is 10.2 Å². The van der Waals surface area contributed by atoms with Gasteiger partial charge in [-0.3, -0.25) is 9.89 Å². The molecule has 2 aromatic rings. The third-order valence-electron chi connectivity index (χ3n) is 2.75. The first-order valence-corrected chi connectivity index (χ1v) is 5.47. The molecule has 1 N–H and O–H groups in total. The predicted octanol–water partition coefficient (Wildman–Crippen LogP) is 2.21. The van der Waals surface area contributed by atoms with Crippen molar-refractivity contribution < 1.29 is 13.6 Å². The molecule has 0 spiro atoms. The first kappa shape index (κ1) is 12.5. The maximum atomic E-state index is 12.2. The molecule has 0 aliphatic rings. The summed E-state index contributed by atoms with van der Waals surface area (Å²) in [6.07, 6.45) is -2.53. The number of rotatable bonds is 3. The van der Waals surface area contributed by atoms with Gasteiger partial charge in [-0.25, -0.2) is 8.78 Å². The van der Waals surface area contributed by atoms with Crippen LogP contribution in [0.25, 0.3) is 10.9 Å². The van der Waals surface area contributed by atoms with Crippen molar-refractivity contribution in [2.24, 2.45) is 0 Å². The minimum atomic E-state index is -2.53. The third-order valence-corrected chi connectivity index (χ3v) is 2.75. The minimum Gasteiger partial charge on any atom is -0.336 e. The second-order valence-electron chi connectivity index (χ2n) is 4.16. The highest BCUT2D eigenvalue weighted by Crippen LogP contribution is 2.18. The minimum absolute atomic E-state index is 0.384. The van der Waals surface area contributed by atoms with E-state index in [0.29, 0.717) is 5.56 Å². The van der Waals surface area contributed by atoms with Gasteiger partial charge in [0.25, 0.3) is 12.3 Å². The Bertz CT molecular complexity index is 580. The van der Waals surface area contributed by atoms with Crippen LogP contribution < -0.4 is 0 Å². The Morgan fingerprint density at radius 1 is 1.50 bits per heavy atom. The lowest BCUT2D eigenvalue weighted by Crippen LogP contribution is -2.31. The molecule has 2 rings (SSSR count). The fraction of sp³-hybridized carbons (Fsp3) is 0.333. The highest BCUT2D eigenvalue weighted by atomic mass is 19.3. The number of hydrogen-bond acceptors (Lipinski definition) is 2. The summed E-state index contributed by atoms with van der Waals surface area (Å²) in [5.74, 6) is -0.419. The number of carbonyl (C=O) groups excluding carboxylic acids is 1. The lowest BCUT2D eigenvalue weighted by atomic mass is 10.1. The number of aromatic amines is 1. The van der Waals surface area contributed by atoms with Crippen LogP contribution in [-0.4, -0.2) is 41.0 Å². The largest absolute Gasteiger partial charge is 0.336 e. The molecule has 0 aliphatic heterocycles. The van der Waals surface area contributed by atoms with Crippen LogP contribution in [-0.2, 0) is 0 Å². The van der Waals surface area contributed by atoms with Crippen molar-refractivity contribution in [3.05, 3.63) is 29.5 Å². The van der Waals surface area contributed by atoms with E-state index in [9.17, 15) is 13.6 Å². The Morgan fingerprint density at radius 3 is 2.89 bits per heavy atom. The monoisotopic (exact) mass is 253 g/mol. The van der Waals surface area contributed by atoms with E-state index in [1.165, 1.54) is 7.05 Å². The first-order valence-electron chi connectivity index (χ1n) is 5.47. The molecule has 0 atom stereocenters. The maximum absolute atomic E-state index is 12.2. The zero-order valence-electron chi connectivity index (χ0n) is 10.1. The van der Waals surface area contributed by atoms with Crippen molar-refractivity contribution in [1.29, 1.82) is 0 Å². The second kappa shape index (κ2) is 4.72. The maximum Gasteiger partial charge on any atom is 0.255 e. The van der Waals surface area contributed by atoms with Gasteiger partial charge in [0.1, 0.15) is 0 Å². The standard InChI is InChI=1S/C12H13F2N3O/c1-7-9-5-8(3-4-10(9)16-15-7)12(18)17(2)6-11(13)14/h3-5,11H,6H2,1-2H3,(H,15,16). The van der Waals surface area contributed by atoms with E-state index in [4.69, 9.17) is 0 Å². The van der Waals surface area contributed by atoms with Gasteiger partial charge in [-0.05, 0) is 25.1 Å². The molecule has 1 aromatic carbocycles. The van der Waals surface area contributed by atoms with Gasteiger partial charge in [-0.1, -0.05) is 0 Å². The molecule has 1 aromatic heterocycles. The summed E-state index contributed by atoms with van der Waals surface area (Å²) in [4.78, 5) is 12.9. The van der Waals surface area contributed by atoms with Gasteiger partial charge in [0.15, 0.2) is 0 Å². The van der Waals surface area contributed by atoms with E-state index in [0.717, 1.165) is 21.5 Å². The number of benzene rings is 1. The summed E-state index contributed by atoms with van der Waals surface area (Å²) < 4.78 is 24.4. The smallest absolute Gasteiger partial charge is 0.255 e. The van der Waals surface area contributed by atoms with E-state index in [-0.39, 0.29) is 0 Å². The average molecular weight is 253 g/mol. The van der Waals surface area contributed by atoms with E-state index >= 15 is 0 Å². The number of fused-ring (bicyclic) bond motifs is 1. The number of halogens is 2. The molecule has 4 nitrogen and oxygen atoms in total. The summed E-state index contributed by atoms with van der Waals surface area (Å²) in [6.45, 7) is 1.27. The molecule has 96 valence electrons. The molecule has 1 amide bonds. The summed E-state index contributed by atoms with van der Waals surface area (Å²) >= 11 is 0. The number of nitrogens with one attached hydrogen (secondary N) is 1. The number of hydrogen-bond donors (Lipinski definition) is 1. The van der Waals surface area contributed by atoms with Gasteiger partial charge in [0, 0.05) is 23.7 Å². The van der Waals surface area contributed by atoms with E-state index < -0.39 is 18.9 Å². The molecule has 0 fully saturated rings. The van der Waals surface area contributed by atoms with Crippen molar-refractivity contribution in [1.82, 2.24) is 15.1 Å². The molecule has 0 bridgehead atoms. The molecule has 0 saturated carbocycles. The zero-order chi connectivity index (χ0) is 13.3. The SMILES string of the molecule is Cc1[nH]nc2ccc(C(=O)N(C)CC(F)F)cc12. The highest BCUT2D eigenvalue weighted by molar-refractivity contribution is 5.98. The van der Waals surface area contributed by atoms with Crippen molar-refractivity contribution in [2.45, 2.75) is 13.3 Å². The Hall–Kier alpha value is -1.98. The number of nitrogens with zero attached hydrogens (tertiary/aromatic N) is 2. The molecule has 6 heteroatoms. The Kier molecular flexibility index (Phi) is 3.27. The van der Waals surface area contributed by atoms with Crippen LogP contribution in [0.5, 0.6) is 0 Å². The lowest BCUT2D eigenvalue weighted by Gasteiger charge is -2.16. The van der Waals surface area contributed by atoms with Gasteiger partial charge in [0.05, 0.1) is 12.1 Å². The zero-order valence-corrected chi connectivity index (χ0v) is 10.1. The van der Waals surface area contributed by atoms with Gasteiger partial charge < -0.3 is 4.90 Å². The molecule has 1 heterocycles. The van der Waals surface area contributed by atoms with Gasteiger partial charge in [-0.2, -0.15) is 5.10 Å². The number of amides is 1. The number of carbonyl (C=O) groups is 1.